The van der Waals surface area contributed by atoms with Gasteiger partial charge in [0.1, 0.15) is 24.4 Å². The molecule has 0 amide bonds. The van der Waals surface area contributed by atoms with E-state index in [0.717, 1.165) is 0 Å². The van der Waals surface area contributed by atoms with Gasteiger partial charge in [-0.1, -0.05) is 20.8 Å². The summed E-state index contributed by atoms with van der Waals surface area (Å²) < 4.78 is 31.8. The minimum Gasteiger partial charge on any atom is -0.459 e. The number of aliphatic hydroxyl groups excluding tert-OH is 1. The molecule has 2 N–H and O–H groups in total. The van der Waals surface area contributed by atoms with Crippen LogP contribution in [0.15, 0.2) is 0 Å². The smallest absolute Gasteiger partial charge is 0.312 e. The first-order valence-electron chi connectivity index (χ1n) is 14.9. The second-order valence-corrected chi connectivity index (χ2v) is 15.2. The zero-order valence-electron chi connectivity index (χ0n) is 24.2. The van der Waals surface area contributed by atoms with Gasteiger partial charge in [0, 0.05) is 35.0 Å². The van der Waals surface area contributed by atoms with Crippen LogP contribution in [-0.2, 0) is 42.9 Å². The predicted octanol–water partition coefficient (Wildman–Crippen LogP) is 1.19. The number of rotatable bonds is 0. The molecule has 8 aliphatic rings. The molecule has 11 heteroatoms. The molecule has 3 spiro atoms. The summed E-state index contributed by atoms with van der Waals surface area (Å²) in [5.41, 5.74) is -6.29. The van der Waals surface area contributed by atoms with Gasteiger partial charge in [0.2, 0.25) is 17.4 Å². The third-order valence-corrected chi connectivity index (χ3v) is 13.3. The zero-order chi connectivity index (χ0) is 29.5. The van der Waals surface area contributed by atoms with E-state index < -0.39 is 105 Å². The van der Waals surface area contributed by atoms with Gasteiger partial charge >= 0.3 is 11.9 Å². The lowest BCUT2D eigenvalue weighted by atomic mass is 9.52. The number of ketones is 2. The zero-order valence-corrected chi connectivity index (χ0v) is 24.2. The molecule has 2 saturated carbocycles. The van der Waals surface area contributed by atoms with Crippen molar-refractivity contribution in [1.29, 1.82) is 0 Å². The third kappa shape index (κ3) is 2.49. The Morgan fingerprint density at radius 3 is 2.32 bits per heavy atom. The molecule has 8 fully saturated rings. The number of aliphatic hydroxyl groups is 2. The van der Waals surface area contributed by atoms with E-state index in [1.165, 1.54) is 0 Å². The Balaban J connectivity index is 1.36. The van der Waals surface area contributed by atoms with Gasteiger partial charge < -0.3 is 33.9 Å². The highest BCUT2D eigenvalue weighted by Crippen LogP contribution is 2.76. The SMILES string of the molecule is CC1C(=O)OC2C1OC13OC4(CCC5(C)C(=O)C(C)C2C51C)CC12OC(=O)CC1(O)OC(C)(C)C2CC(O)C4C3=O. The monoisotopic (exact) mass is 574 g/mol. The standard InChI is InChI=1S/C30H38O11/c1-12-17-20-19(13(2)23(35)37-20)39-30-22(34)18-14(31)9-15-24(3,4)40-29(36)10-16(32)38-28(15,29)11-27(18,41-30)8-7-25(5,21(12)33)26(17,30)6/h12-15,17-20,31,36H,7-11H2,1-6H3. The number of Topliss-reactive ketones (excluding diaryl/α,β-unsaturated/α-hetero) is 2. The van der Waals surface area contributed by atoms with Crippen molar-refractivity contribution >= 4 is 23.5 Å². The van der Waals surface area contributed by atoms with Crippen LogP contribution in [-0.4, -0.2) is 80.4 Å². The third-order valence-electron chi connectivity index (χ3n) is 13.3. The fourth-order valence-electron chi connectivity index (χ4n) is 11.4. The number of carbonyl (C=O) groups is 4. The molecule has 14 unspecified atom stereocenters. The molecule has 6 heterocycles. The van der Waals surface area contributed by atoms with E-state index in [9.17, 15) is 24.6 Å². The molecule has 224 valence electrons. The van der Waals surface area contributed by atoms with Crippen molar-refractivity contribution in [3.05, 3.63) is 0 Å². The van der Waals surface area contributed by atoms with E-state index >= 15 is 4.79 Å². The van der Waals surface area contributed by atoms with Gasteiger partial charge in [-0.2, -0.15) is 0 Å². The minimum absolute atomic E-state index is 0.0248. The second kappa shape index (κ2) is 7.07. The van der Waals surface area contributed by atoms with Crippen LogP contribution in [0.5, 0.6) is 0 Å². The number of hydrogen-bond donors (Lipinski definition) is 2. The average molecular weight is 575 g/mol. The number of carbonyl (C=O) groups excluding carboxylic acids is 4. The summed E-state index contributed by atoms with van der Waals surface area (Å²) in [7, 11) is 0. The highest BCUT2D eigenvalue weighted by Gasteiger charge is 2.88. The first-order chi connectivity index (χ1) is 18.9. The van der Waals surface area contributed by atoms with Gasteiger partial charge in [-0.25, -0.2) is 0 Å². The van der Waals surface area contributed by atoms with Gasteiger partial charge in [-0.15, -0.1) is 0 Å². The van der Waals surface area contributed by atoms with Crippen molar-refractivity contribution in [2.24, 2.45) is 40.4 Å². The minimum atomic E-state index is -1.98. The van der Waals surface area contributed by atoms with E-state index in [-0.39, 0.29) is 31.5 Å². The van der Waals surface area contributed by atoms with Gasteiger partial charge in [0.15, 0.2) is 5.60 Å². The molecular weight excluding hydrogens is 536 g/mol. The fourth-order valence-corrected chi connectivity index (χ4v) is 11.4. The average Bonchev–Trinajstić information content (AvgIpc) is 3.42. The maximum atomic E-state index is 15.0. The molecule has 0 aromatic carbocycles. The van der Waals surface area contributed by atoms with Crippen LogP contribution in [0, 0.1) is 40.4 Å². The van der Waals surface area contributed by atoms with Crippen molar-refractivity contribution in [2.75, 3.05) is 0 Å². The Kier molecular flexibility index (Phi) is 4.60. The molecule has 8 rings (SSSR count). The van der Waals surface area contributed by atoms with Crippen molar-refractivity contribution in [3.63, 3.8) is 0 Å². The maximum absolute atomic E-state index is 15.0. The highest BCUT2D eigenvalue weighted by atomic mass is 16.7. The first-order valence-corrected chi connectivity index (χ1v) is 14.9. The molecular formula is C30H38O11. The molecule has 0 aromatic heterocycles. The summed E-state index contributed by atoms with van der Waals surface area (Å²) in [6.45, 7) is 10.8. The van der Waals surface area contributed by atoms with Crippen LogP contribution in [0.2, 0.25) is 0 Å². The van der Waals surface area contributed by atoms with Crippen molar-refractivity contribution < 1.29 is 53.1 Å². The summed E-state index contributed by atoms with van der Waals surface area (Å²) in [6.07, 6.45) is -2.73. The maximum Gasteiger partial charge on any atom is 0.312 e. The van der Waals surface area contributed by atoms with Crippen LogP contribution in [0.4, 0.5) is 0 Å². The van der Waals surface area contributed by atoms with Gasteiger partial charge in [0.05, 0.1) is 29.1 Å². The van der Waals surface area contributed by atoms with Gasteiger partial charge in [-0.3, -0.25) is 19.2 Å². The summed E-state index contributed by atoms with van der Waals surface area (Å²) in [4.78, 5) is 54.8. The quantitative estimate of drug-likeness (QED) is 0.401. The Morgan fingerprint density at radius 2 is 1.61 bits per heavy atom. The summed E-state index contributed by atoms with van der Waals surface area (Å²) >= 11 is 0. The first kappa shape index (κ1) is 26.7. The lowest BCUT2D eigenvalue weighted by Crippen LogP contribution is -2.69. The van der Waals surface area contributed by atoms with E-state index in [1.54, 1.807) is 20.8 Å². The lowest BCUT2D eigenvalue weighted by molar-refractivity contribution is -0.363. The second-order valence-electron chi connectivity index (χ2n) is 15.2. The molecule has 11 nitrogen and oxygen atoms in total. The highest BCUT2D eigenvalue weighted by molar-refractivity contribution is 5.98. The molecule has 2 bridgehead atoms. The van der Waals surface area contributed by atoms with Crippen molar-refractivity contribution in [3.8, 4) is 0 Å². The molecule has 41 heavy (non-hydrogen) atoms. The van der Waals surface area contributed by atoms with Crippen molar-refractivity contribution in [2.45, 2.75) is 120 Å². The van der Waals surface area contributed by atoms with Crippen LogP contribution in [0.25, 0.3) is 0 Å². The number of ether oxygens (including phenoxy) is 5. The lowest BCUT2D eigenvalue weighted by Gasteiger charge is -2.57. The molecule has 0 aromatic rings. The molecule has 0 radical (unpaired) electrons. The Bertz CT molecular complexity index is 1340. The van der Waals surface area contributed by atoms with E-state index in [2.05, 4.69) is 0 Å². The van der Waals surface area contributed by atoms with Gasteiger partial charge in [0.25, 0.3) is 0 Å². The van der Waals surface area contributed by atoms with Crippen LogP contribution in [0.3, 0.4) is 0 Å². The Hall–Kier alpha value is -1.92. The molecule has 6 saturated heterocycles. The fraction of sp³-hybridized carbons (Fsp3) is 0.867. The number of esters is 2. The van der Waals surface area contributed by atoms with Crippen LogP contribution >= 0.6 is 0 Å². The number of hydrogen-bond acceptors (Lipinski definition) is 11. The summed E-state index contributed by atoms with van der Waals surface area (Å²) in [5, 5.41) is 23.8. The Morgan fingerprint density at radius 1 is 0.902 bits per heavy atom. The van der Waals surface area contributed by atoms with Crippen molar-refractivity contribution in [1.82, 2.24) is 0 Å². The van der Waals surface area contributed by atoms with Crippen LogP contribution in [0.1, 0.15) is 73.6 Å². The van der Waals surface area contributed by atoms with E-state index in [4.69, 9.17) is 23.7 Å². The van der Waals surface area contributed by atoms with Gasteiger partial charge in [-0.05, 0) is 40.0 Å². The molecule has 14 atom stereocenters. The van der Waals surface area contributed by atoms with Crippen LogP contribution < -0.4 is 0 Å². The predicted molar refractivity (Wildman–Crippen MR) is 134 cm³/mol. The molecule has 6 aliphatic heterocycles. The van der Waals surface area contributed by atoms with E-state index in [1.807, 2.05) is 20.8 Å². The Labute approximate surface area is 237 Å². The topological polar surface area (TPSA) is 155 Å². The number of fused-ring (bicyclic) bond motifs is 2. The largest absolute Gasteiger partial charge is 0.459 e. The summed E-state index contributed by atoms with van der Waals surface area (Å²) in [5.74, 6) is -8.98. The van der Waals surface area contributed by atoms with E-state index in [0.29, 0.717) is 6.42 Å². The normalized spacial score (nSPS) is 61.3. The summed E-state index contributed by atoms with van der Waals surface area (Å²) in [6, 6.07) is 0. The molecule has 2 aliphatic carbocycles.